The summed E-state index contributed by atoms with van der Waals surface area (Å²) in [5.74, 6) is 0.860. The van der Waals surface area contributed by atoms with Crippen molar-refractivity contribution in [2.75, 3.05) is 24.6 Å². The van der Waals surface area contributed by atoms with Gasteiger partial charge in [0, 0.05) is 29.7 Å². The third-order valence-electron chi connectivity index (χ3n) is 4.04. The molecule has 1 heterocycles. The summed E-state index contributed by atoms with van der Waals surface area (Å²) >= 11 is 0. The van der Waals surface area contributed by atoms with E-state index in [-0.39, 0.29) is 0 Å². The molecule has 1 unspecified atom stereocenters. The number of likely N-dealkylation sites (N-methyl/N-ethyl adjacent to an activating group) is 1. The molecule has 0 spiro atoms. The Morgan fingerprint density at radius 2 is 2.20 bits per heavy atom. The molecule has 1 aromatic carbocycles. The molecule has 1 saturated carbocycles. The van der Waals surface area contributed by atoms with Crippen molar-refractivity contribution in [1.29, 1.82) is 0 Å². The molecule has 0 aliphatic heterocycles. The highest BCUT2D eigenvalue weighted by atomic mass is 15.2. The second-order valence-corrected chi connectivity index (χ2v) is 5.63. The fourth-order valence-corrected chi connectivity index (χ4v) is 2.45. The summed E-state index contributed by atoms with van der Waals surface area (Å²) in [6.07, 6.45) is 4.25. The van der Waals surface area contributed by atoms with E-state index in [1.165, 1.54) is 12.8 Å². The fourth-order valence-electron chi connectivity index (χ4n) is 2.45. The lowest BCUT2D eigenvalue weighted by atomic mass is 10.2. The van der Waals surface area contributed by atoms with E-state index < -0.39 is 0 Å². The quantitative estimate of drug-likeness (QED) is 0.815. The lowest BCUT2D eigenvalue weighted by Gasteiger charge is -2.25. The molecule has 0 bridgehead atoms. The number of nitrogen functional groups attached to an aromatic ring is 1. The second-order valence-electron chi connectivity index (χ2n) is 5.63. The van der Waals surface area contributed by atoms with Gasteiger partial charge in [0.05, 0.1) is 5.52 Å². The highest BCUT2D eigenvalue weighted by molar-refractivity contribution is 5.91. The maximum Gasteiger partial charge on any atom is 0.137 e. The number of hydrogen-bond acceptors (Lipinski definition) is 5. The van der Waals surface area contributed by atoms with E-state index in [1.807, 2.05) is 18.2 Å². The van der Waals surface area contributed by atoms with Crippen molar-refractivity contribution >= 4 is 22.4 Å². The fraction of sp³-hybridized carbons (Fsp3) is 0.467. The lowest BCUT2D eigenvalue weighted by molar-refractivity contribution is 0.257. The smallest absolute Gasteiger partial charge is 0.137 e. The van der Waals surface area contributed by atoms with E-state index in [4.69, 9.17) is 5.73 Å². The van der Waals surface area contributed by atoms with Gasteiger partial charge in [-0.2, -0.15) is 0 Å². The molecule has 2 aromatic rings. The van der Waals surface area contributed by atoms with Crippen molar-refractivity contribution in [3.05, 3.63) is 24.5 Å². The van der Waals surface area contributed by atoms with Gasteiger partial charge < -0.3 is 11.1 Å². The van der Waals surface area contributed by atoms with Crippen LogP contribution in [-0.4, -0.2) is 40.5 Å². The largest absolute Gasteiger partial charge is 0.399 e. The van der Waals surface area contributed by atoms with Gasteiger partial charge >= 0.3 is 0 Å². The minimum Gasteiger partial charge on any atom is -0.399 e. The Kier molecular flexibility index (Phi) is 3.44. The summed E-state index contributed by atoms with van der Waals surface area (Å²) in [4.78, 5) is 11.0. The zero-order chi connectivity index (χ0) is 14.1. The summed E-state index contributed by atoms with van der Waals surface area (Å²) in [7, 11) is 2.19. The van der Waals surface area contributed by atoms with Crippen LogP contribution in [0, 0.1) is 0 Å². The molecular weight excluding hydrogens is 250 g/mol. The standard InChI is InChI=1S/C15H21N5/c1-10(20(2)12-4-5-12)8-17-15-13-7-11(16)3-6-14(13)18-9-19-15/h3,6-7,9-10,12H,4-5,8,16H2,1-2H3,(H,17,18,19). The first-order valence-corrected chi connectivity index (χ1v) is 7.11. The first-order chi connectivity index (χ1) is 9.65. The van der Waals surface area contributed by atoms with Gasteiger partial charge in [-0.05, 0) is 45.0 Å². The average molecular weight is 271 g/mol. The Labute approximate surface area is 119 Å². The Bertz CT molecular complexity index is 608. The molecule has 0 radical (unpaired) electrons. The highest BCUT2D eigenvalue weighted by Gasteiger charge is 2.28. The van der Waals surface area contributed by atoms with Crippen LogP contribution in [0.4, 0.5) is 11.5 Å². The van der Waals surface area contributed by atoms with Crippen molar-refractivity contribution < 1.29 is 0 Å². The zero-order valence-electron chi connectivity index (χ0n) is 12.0. The van der Waals surface area contributed by atoms with Crippen molar-refractivity contribution in [2.24, 2.45) is 0 Å². The van der Waals surface area contributed by atoms with E-state index in [0.29, 0.717) is 6.04 Å². The van der Waals surface area contributed by atoms with Crippen LogP contribution in [0.2, 0.25) is 0 Å². The van der Waals surface area contributed by atoms with Gasteiger partial charge in [-0.1, -0.05) is 0 Å². The number of aromatic nitrogens is 2. The van der Waals surface area contributed by atoms with E-state index in [1.54, 1.807) is 6.33 Å². The van der Waals surface area contributed by atoms with Crippen LogP contribution in [0.25, 0.3) is 10.9 Å². The summed E-state index contributed by atoms with van der Waals surface area (Å²) in [6, 6.07) is 6.96. The summed E-state index contributed by atoms with van der Waals surface area (Å²) in [6.45, 7) is 3.11. The summed E-state index contributed by atoms with van der Waals surface area (Å²) < 4.78 is 0. The molecule has 1 aliphatic carbocycles. The molecule has 20 heavy (non-hydrogen) atoms. The number of anilines is 2. The van der Waals surface area contributed by atoms with Crippen molar-refractivity contribution in [3.8, 4) is 0 Å². The molecule has 5 nitrogen and oxygen atoms in total. The number of nitrogens with zero attached hydrogens (tertiary/aromatic N) is 3. The minimum atomic E-state index is 0.480. The van der Waals surface area contributed by atoms with Crippen LogP contribution in [0.1, 0.15) is 19.8 Å². The minimum absolute atomic E-state index is 0.480. The Hall–Kier alpha value is -1.88. The second kappa shape index (κ2) is 5.25. The molecule has 0 saturated heterocycles. The van der Waals surface area contributed by atoms with Gasteiger partial charge in [0.2, 0.25) is 0 Å². The molecule has 1 fully saturated rings. The Morgan fingerprint density at radius 3 is 2.95 bits per heavy atom. The van der Waals surface area contributed by atoms with Crippen LogP contribution in [0.15, 0.2) is 24.5 Å². The molecule has 3 N–H and O–H groups in total. The van der Waals surface area contributed by atoms with Gasteiger partial charge in [-0.25, -0.2) is 9.97 Å². The predicted molar refractivity (Wildman–Crippen MR) is 82.7 cm³/mol. The summed E-state index contributed by atoms with van der Waals surface area (Å²) in [5, 5.41) is 4.41. The van der Waals surface area contributed by atoms with Crippen LogP contribution in [-0.2, 0) is 0 Å². The van der Waals surface area contributed by atoms with E-state index in [2.05, 4.69) is 34.2 Å². The third-order valence-corrected chi connectivity index (χ3v) is 4.04. The molecule has 106 valence electrons. The average Bonchev–Trinajstić information content (AvgIpc) is 3.28. The van der Waals surface area contributed by atoms with E-state index >= 15 is 0 Å². The maximum atomic E-state index is 5.85. The Morgan fingerprint density at radius 1 is 1.40 bits per heavy atom. The normalized spacial score (nSPS) is 16.6. The Balaban J connectivity index is 1.75. The summed E-state index contributed by atoms with van der Waals surface area (Å²) in [5.41, 5.74) is 7.50. The van der Waals surface area contributed by atoms with Gasteiger partial charge in [-0.3, -0.25) is 4.90 Å². The van der Waals surface area contributed by atoms with Crippen molar-refractivity contribution in [2.45, 2.75) is 31.8 Å². The van der Waals surface area contributed by atoms with Crippen LogP contribution in [0.5, 0.6) is 0 Å². The molecule has 1 aromatic heterocycles. The predicted octanol–water partition coefficient (Wildman–Crippen LogP) is 2.11. The molecule has 3 rings (SSSR count). The molecule has 0 amide bonds. The van der Waals surface area contributed by atoms with Crippen LogP contribution < -0.4 is 11.1 Å². The van der Waals surface area contributed by atoms with Gasteiger partial charge in [0.15, 0.2) is 0 Å². The number of nitrogens with two attached hydrogens (primary N) is 1. The molecule has 5 heteroatoms. The van der Waals surface area contributed by atoms with Gasteiger partial charge in [-0.15, -0.1) is 0 Å². The third kappa shape index (κ3) is 2.67. The number of rotatable bonds is 5. The monoisotopic (exact) mass is 271 g/mol. The van der Waals surface area contributed by atoms with Crippen molar-refractivity contribution in [3.63, 3.8) is 0 Å². The first-order valence-electron chi connectivity index (χ1n) is 7.11. The van der Waals surface area contributed by atoms with Gasteiger partial charge in [0.25, 0.3) is 0 Å². The number of hydrogen-bond donors (Lipinski definition) is 2. The van der Waals surface area contributed by atoms with Crippen LogP contribution in [0.3, 0.4) is 0 Å². The molecule has 1 aliphatic rings. The van der Waals surface area contributed by atoms with Crippen molar-refractivity contribution in [1.82, 2.24) is 14.9 Å². The van der Waals surface area contributed by atoms with E-state index in [0.717, 1.165) is 35.0 Å². The van der Waals surface area contributed by atoms with Crippen LogP contribution >= 0.6 is 0 Å². The number of nitrogens with one attached hydrogen (secondary N) is 1. The first kappa shape index (κ1) is 13.1. The molecular formula is C15H21N5. The van der Waals surface area contributed by atoms with E-state index in [9.17, 15) is 0 Å². The van der Waals surface area contributed by atoms with Gasteiger partial charge in [0.1, 0.15) is 12.1 Å². The molecule has 1 atom stereocenters. The number of benzene rings is 1. The number of fused-ring (bicyclic) bond motifs is 1. The highest BCUT2D eigenvalue weighted by Crippen LogP contribution is 2.27. The topological polar surface area (TPSA) is 67.1 Å². The maximum absolute atomic E-state index is 5.85. The lowest BCUT2D eigenvalue weighted by Crippen LogP contribution is -2.36. The zero-order valence-corrected chi connectivity index (χ0v) is 12.0. The SMILES string of the molecule is CC(CNc1ncnc2ccc(N)cc12)N(C)C1CC1.